The monoisotopic (exact) mass is 258 g/mol. The van der Waals surface area contributed by atoms with Crippen LogP contribution in [0.15, 0.2) is 17.5 Å². The molecule has 0 N–H and O–H groups in total. The van der Waals surface area contributed by atoms with E-state index in [4.69, 9.17) is 4.74 Å². The molecule has 12 heavy (non-hydrogen) atoms. The number of rotatable bonds is 0. The second-order valence-electron chi connectivity index (χ2n) is 2.40. The average molecular weight is 259 g/mol. The summed E-state index contributed by atoms with van der Waals surface area (Å²) >= 11 is 3.71. The molecule has 4 heteroatoms. The predicted octanol–water partition coefficient (Wildman–Crippen LogP) is -1.66. The van der Waals surface area contributed by atoms with Gasteiger partial charge in [-0.05, 0) is 12.8 Å². The Morgan fingerprint density at radius 3 is 2.17 bits per heavy atom. The molecule has 1 saturated heterocycles. The molecule has 2 rings (SSSR count). The minimum absolute atomic E-state index is 0. The topological polar surface area (TPSA) is 9.23 Å². The first-order valence-electron chi connectivity index (χ1n) is 3.83. The van der Waals surface area contributed by atoms with Gasteiger partial charge in [0.1, 0.15) is 0 Å². The van der Waals surface area contributed by atoms with E-state index < -0.39 is 0 Å². The normalized spacial score (nSPS) is 14.5. The number of thiophene rings is 1. The summed E-state index contributed by atoms with van der Waals surface area (Å²) in [7, 11) is 0. The van der Waals surface area contributed by atoms with Gasteiger partial charge in [0.2, 0.25) is 0 Å². The van der Waals surface area contributed by atoms with Crippen molar-refractivity contribution in [1.29, 1.82) is 0 Å². The summed E-state index contributed by atoms with van der Waals surface area (Å²) in [6, 6.07) is 4.18. The van der Waals surface area contributed by atoms with Crippen molar-refractivity contribution in [2.45, 2.75) is 12.8 Å². The van der Waals surface area contributed by atoms with Gasteiger partial charge in [-0.1, -0.05) is 0 Å². The van der Waals surface area contributed by atoms with Gasteiger partial charge in [0.05, 0.1) is 0 Å². The third-order valence-corrected chi connectivity index (χ3v) is 2.88. The fourth-order valence-electron chi connectivity index (χ4n) is 0.823. The van der Waals surface area contributed by atoms with Gasteiger partial charge < -0.3 is 21.7 Å². The van der Waals surface area contributed by atoms with Crippen LogP contribution < -0.4 is 20.0 Å². The third kappa shape index (κ3) is 6.43. The Labute approximate surface area is 101 Å². The molecule has 0 bridgehead atoms. The molecule has 0 amide bonds. The molecule has 0 aliphatic carbocycles. The molecule has 1 aliphatic heterocycles. The summed E-state index contributed by atoms with van der Waals surface area (Å²) in [6.07, 6.45) is 2.56. The summed E-state index contributed by atoms with van der Waals surface area (Å²) in [5.74, 6) is 0. The molecule has 0 saturated carbocycles. The Hall–Kier alpha value is 0.906. The van der Waals surface area contributed by atoms with Crippen LogP contribution in [0.25, 0.3) is 0 Å². The third-order valence-electron chi connectivity index (χ3n) is 1.41. The average Bonchev–Trinajstić information content (AvgIpc) is 2.57. The second-order valence-corrected chi connectivity index (χ2v) is 4.71. The number of hydrogen-bond donors (Lipinski definition) is 0. The van der Waals surface area contributed by atoms with Crippen molar-refractivity contribution >= 4 is 36.1 Å². The second kappa shape index (κ2) is 8.50. The van der Waals surface area contributed by atoms with E-state index in [-0.39, 0.29) is 17.0 Å². The summed E-state index contributed by atoms with van der Waals surface area (Å²) in [4.78, 5) is 0. The first-order valence-corrected chi connectivity index (χ1v) is 5.41. The summed E-state index contributed by atoms with van der Waals surface area (Å²) < 4.78 is 6.36. The quantitative estimate of drug-likeness (QED) is 0.507. The van der Waals surface area contributed by atoms with Crippen molar-refractivity contribution in [3.63, 3.8) is 0 Å². The van der Waals surface area contributed by atoms with Gasteiger partial charge >= 0.3 is 53.6 Å². The van der Waals surface area contributed by atoms with Gasteiger partial charge in [-0.25, -0.2) is 0 Å². The zero-order chi connectivity index (χ0) is 7.94. The molecule has 64 valence electrons. The van der Waals surface area contributed by atoms with Crippen LogP contribution in [0.5, 0.6) is 0 Å². The van der Waals surface area contributed by atoms with E-state index in [0.29, 0.717) is 0 Å². The van der Waals surface area contributed by atoms with Crippen LogP contribution in [-0.4, -0.2) is 34.9 Å². The van der Waals surface area contributed by atoms with Crippen molar-refractivity contribution in [3.8, 4) is 0 Å². The first-order chi connectivity index (χ1) is 5.39. The van der Waals surface area contributed by atoms with E-state index in [1.54, 1.807) is 11.3 Å². The van der Waals surface area contributed by atoms with Crippen LogP contribution in [0, 0.1) is 0 Å². The number of hydrogen-bond acceptors (Lipinski definition) is 2. The first kappa shape index (κ1) is 12.9. The Balaban J connectivity index is 0.000000189. The minimum atomic E-state index is 0. The van der Waals surface area contributed by atoms with E-state index in [2.05, 4.69) is 17.5 Å². The summed E-state index contributed by atoms with van der Waals surface area (Å²) in [5.41, 5.74) is 0. The molecule has 1 aliphatic rings. The molecule has 1 aromatic heterocycles. The van der Waals surface area contributed by atoms with Crippen LogP contribution in [0.1, 0.15) is 12.8 Å². The van der Waals surface area contributed by atoms with Crippen LogP contribution in [0.4, 0.5) is 0 Å². The van der Waals surface area contributed by atoms with Crippen LogP contribution in [0.2, 0.25) is 0 Å². The standard InChI is InChI=1S/C4H8O.C4H3S.BrH.Mg/c2*1-2-4-5-3-1;;/h1-4H2;1-3H;1H;/q;;;+1/p-1. The van der Waals surface area contributed by atoms with Gasteiger partial charge in [0.15, 0.2) is 0 Å². The Morgan fingerprint density at radius 1 is 1.33 bits per heavy atom. The zero-order valence-electron chi connectivity index (χ0n) is 6.96. The van der Waals surface area contributed by atoms with Gasteiger partial charge in [-0.2, -0.15) is 0 Å². The molecule has 0 unspecified atom stereocenters. The van der Waals surface area contributed by atoms with Crippen LogP contribution in [-0.2, 0) is 4.74 Å². The molecule has 0 spiro atoms. The van der Waals surface area contributed by atoms with Crippen molar-refractivity contribution in [1.82, 2.24) is 0 Å². The summed E-state index contributed by atoms with van der Waals surface area (Å²) in [5, 5.41) is 2.09. The molecule has 0 aromatic carbocycles. The Bertz CT molecular complexity index is 168. The van der Waals surface area contributed by atoms with Gasteiger partial charge in [0.25, 0.3) is 0 Å². The van der Waals surface area contributed by atoms with Crippen LogP contribution in [0.3, 0.4) is 0 Å². The van der Waals surface area contributed by atoms with Crippen molar-refractivity contribution in [2.24, 2.45) is 0 Å². The van der Waals surface area contributed by atoms with Gasteiger partial charge in [-0.15, -0.1) is 0 Å². The fraction of sp³-hybridized carbons (Fsp3) is 0.500. The maximum atomic E-state index is 4.94. The maximum absolute atomic E-state index is 4.94. The van der Waals surface area contributed by atoms with Crippen molar-refractivity contribution in [2.75, 3.05) is 13.2 Å². The van der Waals surface area contributed by atoms with E-state index in [0.717, 1.165) is 13.2 Å². The summed E-state index contributed by atoms with van der Waals surface area (Å²) in [6.45, 7) is 2.00. The van der Waals surface area contributed by atoms with E-state index in [9.17, 15) is 0 Å². The molecule has 1 aromatic rings. The van der Waals surface area contributed by atoms with Crippen LogP contribution >= 0.6 is 11.3 Å². The van der Waals surface area contributed by atoms with E-state index >= 15 is 0 Å². The molecule has 1 fully saturated rings. The van der Waals surface area contributed by atoms with E-state index in [1.807, 2.05) is 21.7 Å². The van der Waals surface area contributed by atoms with Crippen molar-refractivity contribution < 1.29 is 21.7 Å². The molecule has 1 nitrogen and oxygen atoms in total. The van der Waals surface area contributed by atoms with Gasteiger partial charge in [0, 0.05) is 13.2 Å². The zero-order valence-corrected chi connectivity index (χ0v) is 10.8. The van der Waals surface area contributed by atoms with Gasteiger partial charge in [-0.3, -0.25) is 0 Å². The molecule has 2 heterocycles. The molecule has 0 atom stereocenters. The molecular weight excluding hydrogens is 248 g/mol. The SMILES string of the molecule is C1CCOC1.[Br-].[Mg+][c]1cccs1. The van der Waals surface area contributed by atoms with Crippen molar-refractivity contribution in [3.05, 3.63) is 17.5 Å². The predicted molar refractivity (Wildman–Crippen MR) is 49.8 cm³/mol. The Morgan fingerprint density at radius 2 is 2.00 bits per heavy atom. The Kier molecular flexibility index (Phi) is 9.14. The molecule has 0 radical (unpaired) electrons. The van der Waals surface area contributed by atoms with E-state index in [1.165, 1.54) is 15.8 Å². The number of ether oxygens (including phenoxy) is 1. The molecular formula is C8H11BrMgOS. The number of halogens is 1. The fourth-order valence-corrected chi connectivity index (χ4v) is 1.74.